The molecule has 0 radical (unpaired) electrons. The number of ketones is 1. The van der Waals surface area contributed by atoms with Crippen molar-refractivity contribution in [3.63, 3.8) is 0 Å². The first kappa shape index (κ1) is 10.7. The topological polar surface area (TPSA) is 69.1 Å². The van der Waals surface area contributed by atoms with Gasteiger partial charge in [0.1, 0.15) is 0 Å². The lowest BCUT2D eigenvalue weighted by molar-refractivity contribution is 0.101. The largest absolute Gasteiger partial charge is 0.420 e. The fourth-order valence-electron chi connectivity index (χ4n) is 1.40. The van der Waals surface area contributed by atoms with Gasteiger partial charge in [-0.2, -0.15) is 4.98 Å². The molecule has 0 atom stereocenters. The van der Waals surface area contributed by atoms with Crippen molar-refractivity contribution in [2.45, 2.75) is 6.92 Å². The maximum atomic E-state index is 12.0. The monoisotopic (exact) mass is 236 g/mol. The number of rotatable bonds is 2. The number of nitrogen functional groups attached to an aromatic ring is 1. The van der Waals surface area contributed by atoms with Crippen LogP contribution in [0.15, 0.2) is 28.7 Å². The van der Waals surface area contributed by atoms with Gasteiger partial charge in [-0.25, -0.2) is 0 Å². The third kappa shape index (κ3) is 1.79. The molecule has 82 valence electrons. The highest BCUT2D eigenvalue weighted by Gasteiger charge is 2.19. The van der Waals surface area contributed by atoms with Gasteiger partial charge >= 0.3 is 0 Å². The summed E-state index contributed by atoms with van der Waals surface area (Å²) in [6.45, 7) is 1.66. The van der Waals surface area contributed by atoms with Crippen molar-refractivity contribution in [2.75, 3.05) is 5.73 Å². The van der Waals surface area contributed by atoms with Crippen LogP contribution in [0.2, 0.25) is 5.02 Å². The van der Waals surface area contributed by atoms with Gasteiger partial charge in [-0.05, 0) is 19.1 Å². The molecule has 0 unspecified atom stereocenters. The maximum absolute atomic E-state index is 12.0. The van der Waals surface area contributed by atoms with Crippen LogP contribution in [0.1, 0.15) is 21.8 Å². The second kappa shape index (κ2) is 3.98. The highest BCUT2D eigenvalue weighted by Crippen LogP contribution is 2.21. The van der Waals surface area contributed by atoms with Crippen molar-refractivity contribution < 1.29 is 9.21 Å². The van der Waals surface area contributed by atoms with E-state index in [4.69, 9.17) is 21.8 Å². The number of aromatic nitrogens is 1. The molecule has 0 saturated carbocycles. The maximum Gasteiger partial charge on any atom is 0.292 e. The molecule has 1 aromatic carbocycles. The molecule has 0 spiro atoms. The summed E-state index contributed by atoms with van der Waals surface area (Å²) in [6.07, 6.45) is 0. The number of nitrogens with two attached hydrogens (primary N) is 1. The fourth-order valence-corrected chi connectivity index (χ4v) is 1.62. The Kier molecular flexibility index (Phi) is 2.66. The normalized spacial score (nSPS) is 10.4. The molecule has 5 heteroatoms. The molecular formula is C11H9ClN2O2. The smallest absolute Gasteiger partial charge is 0.292 e. The van der Waals surface area contributed by atoms with Crippen LogP contribution in [-0.2, 0) is 0 Å². The Morgan fingerprint density at radius 2 is 2.12 bits per heavy atom. The third-order valence-electron chi connectivity index (χ3n) is 2.14. The Morgan fingerprint density at radius 3 is 2.69 bits per heavy atom. The van der Waals surface area contributed by atoms with E-state index >= 15 is 0 Å². The van der Waals surface area contributed by atoms with Crippen molar-refractivity contribution >= 4 is 23.4 Å². The lowest BCUT2D eigenvalue weighted by atomic mass is 10.1. The molecule has 0 aliphatic rings. The molecule has 0 fully saturated rings. The van der Waals surface area contributed by atoms with E-state index in [2.05, 4.69) is 4.98 Å². The standard InChI is InChI=1S/C11H9ClN2O2/c1-6-10(16-11(13)14-6)9(15)7-4-2-3-5-8(7)12/h2-5H,1H3,(H2,13,14). The van der Waals surface area contributed by atoms with E-state index in [1.54, 1.807) is 31.2 Å². The Balaban J connectivity index is 2.47. The van der Waals surface area contributed by atoms with E-state index in [0.29, 0.717) is 16.3 Å². The second-order valence-electron chi connectivity index (χ2n) is 3.28. The first-order valence-corrected chi connectivity index (χ1v) is 4.99. The summed E-state index contributed by atoms with van der Waals surface area (Å²) in [7, 11) is 0. The molecule has 4 nitrogen and oxygen atoms in total. The average Bonchev–Trinajstić information content (AvgIpc) is 2.58. The zero-order valence-corrected chi connectivity index (χ0v) is 9.28. The minimum Gasteiger partial charge on any atom is -0.420 e. The van der Waals surface area contributed by atoms with Crippen molar-refractivity contribution in [3.05, 3.63) is 46.3 Å². The predicted octanol–water partition coefficient (Wildman–Crippen LogP) is 2.45. The number of hydrogen-bond acceptors (Lipinski definition) is 4. The number of aryl methyl sites for hydroxylation is 1. The van der Waals surface area contributed by atoms with Crippen LogP contribution in [0.3, 0.4) is 0 Å². The first-order valence-electron chi connectivity index (χ1n) is 4.61. The molecule has 1 heterocycles. The number of oxazole rings is 1. The van der Waals surface area contributed by atoms with E-state index in [9.17, 15) is 4.79 Å². The van der Waals surface area contributed by atoms with Crippen molar-refractivity contribution in [1.29, 1.82) is 0 Å². The first-order chi connectivity index (χ1) is 7.59. The second-order valence-corrected chi connectivity index (χ2v) is 3.68. The number of halogens is 1. The molecule has 2 N–H and O–H groups in total. The molecule has 2 rings (SSSR count). The van der Waals surface area contributed by atoms with Crippen LogP contribution >= 0.6 is 11.6 Å². The molecule has 1 aromatic heterocycles. The minimum absolute atomic E-state index is 0.0205. The van der Waals surface area contributed by atoms with Crippen molar-refractivity contribution in [1.82, 2.24) is 4.98 Å². The van der Waals surface area contributed by atoms with Gasteiger partial charge < -0.3 is 10.2 Å². The molecule has 0 saturated heterocycles. The van der Waals surface area contributed by atoms with E-state index < -0.39 is 0 Å². The van der Waals surface area contributed by atoms with Crippen molar-refractivity contribution in [2.24, 2.45) is 0 Å². The number of anilines is 1. The Labute approximate surface area is 97.0 Å². The van der Waals surface area contributed by atoms with Crippen LogP contribution in [-0.4, -0.2) is 10.8 Å². The van der Waals surface area contributed by atoms with Crippen LogP contribution < -0.4 is 5.73 Å². The fraction of sp³-hybridized carbons (Fsp3) is 0.0909. The Morgan fingerprint density at radius 1 is 1.44 bits per heavy atom. The zero-order valence-electron chi connectivity index (χ0n) is 8.53. The van der Waals surface area contributed by atoms with E-state index in [1.165, 1.54) is 0 Å². The van der Waals surface area contributed by atoms with E-state index in [1.807, 2.05) is 0 Å². The number of benzene rings is 1. The quantitative estimate of drug-likeness (QED) is 0.814. The molecular weight excluding hydrogens is 228 g/mol. The van der Waals surface area contributed by atoms with Gasteiger partial charge in [-0.15, -0.1) is 0 Å². The van der Waals surface area contributed by atoms with Gasteiger partial charge in [0.15, 0.2) is 5.76 Å². The summed E-state index contributed by atoms with van der Waals surface area (Å²) in [5.74, 6) is -0.182. The van der Waals surface area contributed by atoms with Gasteiger partial charge in [0.25, 0.3) is 6.01 Å². The average molecular weight is 237 g/mol. The molecule has 16 heavy (non-hydrogen) atoms. The van der Waals surface area contributed by atoms with Crippen LogP contribution in [0.4, 0.5) is 6.01 Å². The summed E-state index contributed by atoms with van der Waals surface area (Å²) in [4.78, 5) is 15.9. The Bertz CT molecular complexity index is 549. The zero-order chi connectivity index (χ0) is 11.7. The number of carbonyl (C=O) groups excluding carboxylic acids is 1. The molecule has 0 aliphatic heterocycles. The summed E-state index contributed by atoms with van der Waals surface area (Å²) in [5, 5.41) is 0.377. The van der Waals surface area contributed by atoms with E-state index in [0.717, 1.165) is 0 Å². The lowest BCUT2D eigenvalue weighted by Crippen LogP contribution is -2.02. The molecule has 0 aliphatic carbocycles. The van der Waals surface area contributed by atoms with Gasteiger partial charge in [-0.3, -0.25) is 4.79 Å². The minimum atomic E-state index is -0.313. The van der Waals surface area contributed by atoms with Gasteiger partial charge in [-0.1, -0.05) is 23.7 Å². The number of nitrogens with zero attached hydrogens (tertiary/aromatic N) is 1. The van der Waals surface area contributed by atoms with Gasteiger partial charge in [0.05, 0.1) is 10.7 Å². The Hall–Kier alpha value is -1.81. The third-order valence-corrected chi connectivity index (χ3v) is 2.47. The summed E-state index contributed by atoms with van der Waals surface area (Å²) in [5.41, 5.74) is 6.21. The molecule has 0 bridgehead atoms. The SMILES string of the molecule is Cc1nc(N)oc1C(=O)c1ccccc1Cl. The highest BCUT2D eigenvalue weighted by molar-refractivity contribution is 6.34. The van der Waals surface area contributed by atoms with Gasteiger partial charge in [0.2, 0.25) is 5.78 Å². The lowest BCUT2D eigenvalue weighted by Gasteiger charge is -2.00. The summed E-state index contributed by atoms with van der Waals surface area (Å²) >= 11 is 5.91. The highest BCUT2D eigenvalue weighted by atomic mass is 35.5. The summed E-state index contributed by atoms with van der Waals surface area (Å²) in [6, 6.07) is 6.73. The molecule has 2 aromatic rings. The van der Waals surface area contributed by atoms with Crippen LogP contribution in [0.25, 0.3) is 0 Å². The molecule has 0 amide bonds. The van der Waals surface area contributed by atoms with Crippen LogP contribution in [0, 0.1) is 6.92 Å². The number of carbonyl (C=O) groups is 1. The van der Waals surface area contributed by atoms with Crippen LogP contribution in [0.5, 0.6) is 0 Å². The van der Waals surface area contributed by atoms with Gasteiger partial charge in [0, 0.05) is 5.56 Å². The van der Waals surface area contributed by atoms with E-state index in [-0.39, 0.29) is 17.6 Å². The van der Waals surface area contributed by atoms with Crippen molar-refractivity contribution in [3.8, 4) is 0 Å². The summed E-state index contributed by atoms with van der Waals surface area (Å²) < 4.78 is 5.04. The predicted molar refractivity (Wildman–Crippen MR) is 60.5 cm³/mol. The number of hydrogen-bond donors (Lipinski definition) is 1.